The van der Waals surface area contributed by atoms with Gasteiger partial charge in [-0.3, -0.25) is 4.79 Å². The molecule has 0 saturated heterocycles. The number of hydrogen-bond acceptors (Lipinski definition) is 5. The average molecular weight is 319 g/mol. The van der Waals surface area contributed by atoms with Crippen LogP contribution in [0.2, 0.25) is 0 Å². The number of amides is 1. The fraction of sp³-hybridized carbons (Fsp3) is 0.533. The van der Waals surface area contributed by atoms with Crippen molar-refractivity contribution in [2.45, 2.75) is 45.2 Å². The van der Waals surface area contributed by atoms with Gasteiger partial charge in [-0.15, -0.1) is 11.3 Å². The Morgan fingerprint density at radius 3 is 3.05 bits per heavy atom. The Labute approximate surface area is 133 Å². The highest BCUT2D eigenvalue weighted by atomic mass is 32.1. The normalized spacial score (nSPS) is 18.0. The zero-order valence-corrected chi connectivity index (χ0v) is 13.9. The molecule has 118 valence electrons. The third kappa shape index (κ3) is 3.05. The summed E-state index contributed by atoms with van der Waals surface area (Å²) in [4.78, 5) is 24.3. The number of hydrogen-bond donors (Lipinski definition) is 3. The fourth-order valence-corrected chi connectivity index (χ4v) is 3.40. The highest BCUT2D eigenvalue weighted by molar-refractivity contribution is 7.09. The Morgan fingerprint density at radius 1 is 1.50 bits per heavy atom. The number of carbonyl (C=O) groups is 1. The van der Waals surface area contributed by atoms with Crippen LogP contribution in [0.4, 0.5) is 0 Å². The molecular weight excluding hydrogens is 298 g/mol. The maximum atomic E-state index is 12.4. The molecule has 1 amide bonds. The SMILES string of the molecule is CC(C)(C)c1csc(CNC(=O)C2NCCc3[nH]cnc32)n1. The van der Waals surface area contributed by atoms with Gasteiger partial charge >= 0.3 is 0 Å². The summed E-state index contributed by atoms with van der Waals surface area (Å²) in [6, 6.07) is -0.378. The van der Waals surface area contributed by atoms with Gasteiger partial charge in [-0.2, -0.15) is 0 Å². The van der Waals surface area contributed by atoms with Crippen molar-refractivity contribution >= 4 is 17.2 Å². The monoisotopic (exact) mass is 319 g/mol. The van der Waals surface area contributed by atoms with Gasteiger partial charge in [0.15, 0.2) is 0 Å². The predicted molar refractivity (Wildman–Crippen MR) is 85.7 cm³/mol. The number of aromatic amines is 1. The molecule has 1 aliphatic rings. The van der Waals surface area contributed by atoms with E-state index in [2.05, 4.69) is 51.7 Å². The minimum absolute atomic E-state index is 0.0353. The van der Waals surface area contributed by atoms with Gasteiger partial charge in [-0.05, 0) is 0 Å². The third-order valence-corrected chi connectivity index (χ3v) is 4.59. The molecule has 2 aromatic heterocycles. The van der Waals surface area contributed by atoms with Crippen LogP contribution in [0.25, 0.3) is 0 Å². The number of nitrogens with zero attached hydrogens (tertiary/aromatic N) is 2. The molecule has 3 rings (SSSR count). The second kappa shape index (κ2) is 5.81. The number of rotatable bonds is 3. The molecule has 1 unspecified atom stereocenters. The van der Waals surface area contributed by atoms with Crippen molar-refractivity contribution in [3.63, 3.8) is 0 Å². The Balaban J connectivity index is 1.63. The molecule has 0 saturated carbocycles. The van der Waals surface area contributed by atoms with Gasteiger partial charge in [-0.25, -0.2) is 9.97 Å². The number of fused-ring (bicyclic) bond motifs is 1. The van der Waals surface area contributed by atoms with Crippen LogP contribution < -0.4 is 10.6 Å². The van der Waals surface area contributed by atoms with Gasteiger partial charge in [0.25, 0.3) is 0 Å². The summed E-state index contributed by atoms with van der Waals surface area (Å²) < 4.78 is 0. The van der Waals surface area contributed by atoms with E-state index in [9.17, 15) is 4.79 Å². The van der Waals surface area contributed by atoms with E-state index in [4.69, 9.17) is 0 Å². The predicted octanol–water partition coefficient (Wildman–Crippen LogP) is 1.67. The summed E-state index contributed by atoms with van der Waals surface area (Å²) in [6.07, 6.45) is 2.52. The molecule has 3 N–H and O–H groups in total. The first kappa shape index (κ1) is 15.2. The molecule has 3 heterocycles. The van der Waals surface area contributed by atoms with E-state index in [1.54, 1.807) is 17.7 Å². The standard InChI is InChI=1S/C15H21N5OS/c1-15(2,3)10-7-22-11(20-10)6-17-14(21)13-12-9(4-5-16-13)18-8-19-12/h7-8,13,16H,4-6H2,1-3H3,(H,17,21)(H,18,19). The van der Waals surface area contributed by atoms with E-state index in [0.29, 0.717) is 6.54 Å². The summed E-state index contributed by atoms with van der Waals surface area (Å²) in [7, 11) is 0. The summed E-state index contributed by atoms with van der Waals surface area (Å²) in [5.74, 6) is -0.0550. The van der Waals surface area contributed by atoms with Gasteiger partial charge in [0.2, 0.25) is 5.91 Å². The van der Waals surface area contributed by atoms with Crippen LogP contribution in [-0.2, 0) is 23.2 Å². The Kier molecular flexibility index (Phi) is 4.01. The number of aromatic nitrogens is 3. The van der Waals surface area contributed by atoms with Crippen LogP contribution in [0.3, 0.4) is 0 Å². The van der Waals surface area contributed by atoms with Crippen molar-refractivity contribution in [3.05, 3.63) is 33.8 Å². The first-order valence-electron chi connectivity index (χ1n) is 7.43. The van der Waals surface area contributed by atoms with Crippen LogP contribution in [0.15, 0.2) is 11.7 Å². The topological polar surface area (TPSA) is 82.7 Å². The molecule has 6 nitrogen and oxygen atoms in total. The molecule has 2 aromatic rings. The van der Waals surface area contributed by atoms with Gasteiger partial charge in [-0.1, -0.05) is 20.8 Å². The van der Waals surface area contributed by atoms with Crippen molar-refractivity contribution in [2.24, 2.45) is 0 Å². The van der Waals surface area contributed by atoms with Crippen molar-refractivity contribution in [1.82, 2.24) is 25.6 Å². The van der Waals surface area contributed by atoms with E-state index in [1.807, 2.05) is 0 Å². The maximum Gasteiger partial charge on any atom is 0.243 e. The summed E-state index contributed by atoms with van der Waals surface area (Å²) in [5.41, 5.74) is 2.95. The van der Waals surface area contributed by atoms with E-state index >= 15 is 0 Å². The molecule has 0 bridgehead atoms. The highest BCUT2D eigenvalue weighted by Crippen LogP contribution is 2.24. The molecule has 0 spiro atoms. The molecule has 0 aliphatic carbocycles. The lowest BCUT2D eigenvalue weighted by molar-refractivity contribution is -0.123. The van der Waals surface area contributed by atoms with Crippen molar-refractivity contribution in [2.75, 3.05) is 6.54 Å². The Hall–Kier alpha value is -1.73. The van der Waals surface area contributed by atoms with E-state index < -0.39 is 0 Å². The zero-order valence-electron chi connectivity index (χ0n) is 13.1. The third-order valence-electron chi connectivity index (χ3n) is 3.74. The number of nitrogens with one attached hydrogen (secondary N) is 3. The fourth-order valence-electron chi connectivity index (χ4n) is 2.44. The molecular formula is C15H21N5OS. The van der Waals surface area contributed by atoms with Crippen molar-refractivity contribution in [3.8, 4) is 0 Å². The maximum absolute atomic E-state index is 12.4. The zero-order chi connectivity index (χ0) is 15.7. The summed E-state index contributed by atoms with van der Waals surface area (Å²) in [5, 5.41) is 9.16. The smallest absolute Gasteiger partial charge is 0.243 e. The number of H-pyrrole nitrogens is 1. The summed E-state index contributed by atoms with van der Waals surface area (Å²) in [6.45, 7) is 7.64. The Bertz CT molecular complexity index is 670. The van der Waals surface area contributed by atoms with Crippen LogP contribution in [-0.4, -0.2) is 27.4 Å². The lowest BCUT2D eigenvalue weighted by Gasteiger charge is -2.21. The van der Waals surface area contributed by atoms with Crippen LogP contribution in [0.5, 0.6) is 0 Å². The van der Waals surface area contributed by atoms with Gasteiger partial charge in [0, 0.05) is 29.5 Å². The molecule has 0 fully saturated rings. The van der Waals surface area contributed by atoms with E-state index in [0.717, 1.165) is 35.1 Å². The quantitative estimate of drug-likeness (QED) is 0.803. The lowest BCUT2D eigenvalue weighted by atomic mass is 9.93. The van der Waals surface area contributed by atoms with Crippen LogP contribution >= 0.6 is 11.3 Å². The molecule has 0 radical (unpaired) electrons. The van der Waals surface area contributed by atoms with Crippen LogP contribution in [0, 0.1) is 0 Å². The molecule has 7 heteroatoms. The van der Waals surface area contributed by atoms with Crippen LogP contribution in [0.1, 0.15) is 48.9 Å². The van der Waals surface area contributed by atoms with Gasteiger partial charge in [0.05, 0.1) is 24.3 Å². The summed E-state index contributed by atoms with van der Waals surface area (Å²) >= 11 is 1.58. The minimum Gasteiger partial charge on any atom is -0.348 e. The van der Waals surface area contributed by atoms with Crippen molar-refractivity contribution in [1.29, 1.82) is 0 Å². The molecule has 1 atom stereocenters. The van der Waals surface area contributed by atoms with Gasteiger partial charge < -0.3 is 15.6 Å². The highest BCUT2D eigenvalue weighted by Gasteiger charge is 2.28. The molecule has 1 aliphatic heterocycles. The van der Waals surface area contributed by atoms with Crippen molar-refractivity contribution < 1.29 is 4.79 Å². The second-order valence-corrected chi connectivity index (χ2v) is 7.44. The number of thiazole rings is 1. The molecule has 0 aromatic carbocycles. The average Bonchev–Trinajstić information content (AvgIpc) is 3.12. The van der Waals surface area contributed by atoms with E-state index in [1.165, 1.54) is 0 Å². The largest absolute Gasteiger partial charge is 0.348 e. The second-order valence-electron chi connectivity index (χ2n) is 6.50. The lowest BCUT2D eigenvalue weighted by Crippen LogP contribution is -2.41. The molecule has 22 heavy (non-hydrogen) atoms. The minimum atomic E-state index is -0.378. The van der Waals surface area contributed by atoms with Gasteiger partial charge in [0.1, 0.15) is 11.0 Å². The first-order chi connectivity index (χ1) is 10.4. The Morgan fingerprint density at radius 2 is 2.32 bits per heavy atom. The van der Waals surface area contributed by atoms with E-state index in [-0.39, 0.29) is 17.4 Å². The number of carbonyl (C=O) groups excluding carboxylic acids is 1. The number of imidazole rings is 1. The first-order valence-corrected chi connectivity index (χ1v) is 8.31.